The van der Waals surface area contributed by atoms with Gasteiger partial charge in [0.1, 0.15) is 11.9 Å². The highest BCUT2D eigenvalue weighted by molar-refractivity contribution is 5.97. The summed E-state index contributed by atoms with van der Waals surface area (Å²) in [6, 6.07) is 16.6. The molecular formula is C29H37FN4O2. The quantitative estimate of drug-likeness (QED) is 0.616. The Morgan fingerprint density at radius 3 is 2.28 bits per heavy atom. The first kappa shape index (κ1) is 24.9. The number of halogens is 1. The Kier molecular flexibility index (Phi) is 7.67. The van der Waals surface area contributed by atoms with E-state index in [9.17, 15) is 14.0 Å². The zero-order valence-electron chi connectivity index (χ0n) is 20.8. The molecule has 2 aliphatic carbocycles. The number of amides is 2. The lowest BCUT2D eigenvalue weighted by Gasteiger charge is -2.43. The lowest BCUT2D eigenvalue weighted by Crippen LogP contribution is -2.58. The first-order chi connectivity index (χ1) is 17.5. The highest BCUT2D eigenvalue weighted by Crippen LogP contribution is 2.35. The summed E-state index contributed by atoms with van der Waals surface area (Å²) in [4.78, 5) is 31.4. The summed E-state index contributed by atoms with van der Waals surface area (Å²) >= 11 is 0. The number of rotatable bonds is 7. The van der Waals surface area contributed by atoms with E-state index < -0.39 is 6.04 Å². The number of nitrogens with two attached hydrogens (primary N) is 1. The fraction of sp³-hybridized carbons (Fsp3) is 0.517. The molecule has 3 N–H and O–H groups in total. The van der Waals surface area contributed by atoms with E-state index >= 15 is 0 Å². The zero-order chi connectivity index (χ0) is 25.1. The number of hydrogen-bond acceptors (Lipinski definition) is 4. The Labute approximate surface area is 213 Å². The standard InChI is InChI=1S/C29H37FN4O2/c30-22-8-6-21(7-9-22)29(36)33-17-16-26(34(25-14-15-25)19-20-4-2-1-3-5-20)18-27(33)28(35)32-24-12-10-23(31)11-13-24/h1-9,23-27H,10-19,31H2,(H,32,35)/t23?,24?,26?,27-/m1/s1. The number of nitrogens with one attached hydrogen (secondary N) is 1. The van der Waals surface area contributed by atoms with Crippen LogP contribution < -0.4 is 11.1 Å². The van der Waals surface area contributed by atoms with Crippen LogP contribution in [0.25, 0.3) is 0 Å². The van der Waals surface area contributed by atoms with Gasteiger partial charge in [0.15, 0.2) is 0 Å². The van der Waals surface area contributed by atoms with Crippen LogP contribution in [0, 0.1) is 5.82 Å². The molecule has 0 bridgehead atoms. The number of hydrogen-bond donors (Lipinski definition) is 2. The Morgan fingerprint density at radius 2 is 1.61 bits per heavy atom. The lowest BCUT2D eigenvalue weighted by molar-refractivity contribution is -0.128. The maximum atomic E-state index is 13.6. The fourth-order valence-corrected chi connectivity index (χ4v) is 5.82. The first-order valence-corrected chi connectivity index (χ1v) is 13.4. The molecule has 2 saturated carbocycles. The fourth-order valence-electron chi connectivity index (χ4n) is 5.82. The second-order valence-electron chi connectivity index (χ2n) is 10.7. The van der Waals surface area contributed by atoms with Crippen molar-refractivity contribution in [3.63, 3.8) is 0 Å². The van der Waals surface area contributed by atoms with Crippen molar-refractivity contribution in [2.45, 2.75) is 88.1 Å². The zero-order valence-corrected chi connectivity index (χ0v) is 20.8. The Balaban J connectivity index is 1.34. The van der Waals surface area contributed by atoms with E-state index in [1.807, 2.05) is 6.07 Å². The summed E-state index contributed by atoms with van der Waals surface area (Å²) in [5.41, 5.74) is 7.75. The normalized spacial score (nSPS) is 26.6. The van der Waals surface area contributed by atoms with Gasteiger partial charge in [0.25, 0.3) is 5.91 Å². The molecule has 2 atom stereocenters. The number of likely N-dealkylation sites (tertiary alicyclic amines) is 1. The van der Waals surface area contributed by atoms with E-state index in [1.54, 1.807) is 4.90 Å². The highest BCUT2D eigenvalue weighted by atomic mass is 19.1. The molecule has 36 heavy (non-hydrogen) atoms. The average molecular weight is 493 g/mol. The Hall–Kier alpha value is -2.77. The largest absolute Gasteiger partial charge is 0.352 e. The third-order valence-electron chi connectivity index (χ3n) is 8.04. The van der Waals surface area contributed by atoms with E-state index in [4.69, 9.17) is 5.73 Å². The van der Waals surface area contributed by atoms with Crippen molar-refractivity contribution < 1.29 is 14.0 Å². The van der Waals surface area contributed by atoms with E-state index in [1.165, 1.54) is 42.7 Å². The van der Waals surface area contributed by atoms with Crippen molar-refractivity contribution in [2.75, 3.05) is 6.54 Å². The molecule has 3 fully saturated rings. The van der Waals surface area contributed by atoms with Crippen LogP contribution >= 0.6 is 0 Å². The van der Waals surface area contributed by atoms with Crippen molar-refractivity contribution >= 4 is 11.8 Å². The van der Waals surface area contributed by atoms with E-state index in [0.717, 1.165) is 38.6 Å². The van der Waals surface area contributed by atoms with Crippen molar-refractivity contribution in [1.29, 1.82) is 0 Å². The SMILES string of the molecule is NC1CCC(NC(=O)[C@H]2CC(N(Cc3ccccc3)C3CC3)CCN2C(=O)c2ccc(F)cc2)CC1. The van der Waals surface area contributed by atoms with Crippen molar-refractivity contribution in [3.05, 3.63) is 71.5 Å². The van der Waals surface area contributed by atoms with Crippen LogP contribution in [0.3, 0.4) is 0 Å². The van der Waals surface area contributed by atoms with E-state index in [-0.39, 0.29) is 35.8 Å². The van der Waals surface area contributed by atoms with Crippen LogP contribution in [0.2, 0.25) is 0 Å². The van der Waals surface area contributed by atoms with Gasteiger partial charge in [-0.25, -0.2) is 4.39 Å². The maximum absolute atomic E-state index is 13.6. The molecule has 1 saturated heterocycles. The molecule has 2 aromatic carbocycles. The summed E-state index contributed by atoms with van der Waals surface area (Å²) in [7, 11) is 0. The van der Waals surface area contributed by atoms with Crippen molar-refractivity contribution in [3.8, 4) is 0 Å². The summed E-state index contributed by atoms with van der Waals surface area (Å²) < 4.78 is 13.5. The van der Waals surface area contributed by atoms with Crippen LogP contribution in [-0.2, 0) is 11.3 Å². The average Bonchev–Trinajstić information content (AvgIpc) is 3.74. The minimum Gasteiger partial charge on any atom is -0.352 e. The number of piperidine rings is 1. The number of carbonyl (C=O) groups is 2. The molecule has 3 aliphatic rings. The van der Waals surface area contributed by atoms with Gasteiger partial charge < -0.3 is 16.0 Å². The third kappa shape index (κ3) is 5.95. The molecule has 7 heteroatoms. The second-order valence-corrected chi connectivity index (χ2v) is 10.7. The highest BCUT2D eigenvalue weighted by Gasteiger charge is 2.42. The van der Waals surface area contributed by atoms with Gasteiger partial charge in [0.05, 0.1) is 0 Å². The van der Waals surface area contributed by atoms with Crippen LogP contribution in [0.4, 0.5) is 4.39 Å². The minimum absolute atomic E-state index is 0.0777. The van der Waals surface area contributed by atoms with Gasteiger partial charge in [0.2, 0.25) is 5.91 Å². The molecule has 6 nitrogen and oxygen atoms in total. The van der Waals surface area contributed by atoms with Crippen molar-refractivity contribution in [2.24, 2.45) is 5.73 Å². The third-order valence-corrected chi connectivity index (χ3v) is 8.04. The summed E-state index contributed by atoms with van der Waals surface area (Å²) in [6.07, 6.45) is 7.34. The Morgan fingerprint density at radius 1 is 0.917 bits per heavy atom. The smallest absolute Gasteiger partial charge is 0.254 e. The molecule has 2 aromatic rings. The number of benzene rings is 2. The molecule has 0 spiro atoms. The van der Waals surface area contributed by atoms with E-state index in [0.29, 0.717) is 24.6 Å². The van der Waals surface area contributed by atoms with E-state index in [2.05, 4.69) is 34.5 Å². The predicted molar refractivity (Wildman–Crippen MR) is 138 cm³/mol. The summed E-state index contributed by atoms with van der Waals surface area (Å²) in [6.45, 7) is 1.36. The molecule has 192 valence electrons. The molecule has 1 heterocycles. The van der Waals surface area contributed by atoms with Crippen LogP contribution in [-0.4, -0.2) is 58.4 Å². The molecular weight excluding hydrogens is 455 g/mol. The number of nitrogens with zero attached hydrogens (tertiary/aromatic N) is 2. The Bertz CT molecular complexity index is 1030. The summed E-state index contributed by atoms with van der Waals surface area (Å²) in [5, 5.41) is 3.24. The first-order valence-electron chi connectivity index (χ1n) is 13.4. The predicted octanol–water partition coefficient (Wildman–Crippen LogP) is 3.85. The van der Waals surface area contributed by atoms with Gasteiger partial charge in [-0.2, -0.15) is 0 Å². The second kappa shape index (κ2) is 11.1. The molecule has 1 unspecified atom stereocenters. The molecule has 5 rings (SSSR count). The van der Waals surface area contributed by atoms with Gasteiger partial charge in [-0.15, -0.1) is 0 Å². The van der Waals surface area contributed by atoms with Crippen molar-refractivity contribution in [1.82, 2.24) is 15.1 Å². The minimum atomic E-state index is -0.547. The van der Waals surface area contributed by atoms with Gasteiger partial charge >= 0.3 is 0 Å². The van der Waals surface area contributed by atoms with Crippen LogP contribution in [0.1, 0.15) is 67.3 Å². The monoisotopic (exact) mass is 492 g/mol. The molecule has 1 aliphatic heterocycles. The summed E-state index contributed by atoms with van der Waals surface area (Å²) in [5.74, 6) is -0.664. The van der Waals surface area contributed by atoms with Gasteiger partial charge in [-0.3, -0.25) is 14.5 Å². The maximum Gasteiger partial charge on any atom is 0.254 e. The molecule has 0 radical (unpaired) electrons. The van der Waals surface area contributed by atoms with Gasteiger partial charge in [-0.05, 0) is 81.2 Å². The molecule has 2 amide bonds. The lowest BCUT2D eigenvalue weighted by atomic mass is 9.90. The van der Waals surface area contributed by atoms with Gasteiger partial charge in [-0.1, -0.05) is 30.3 Å². The van der Waals surface area contributed by atoms with Gasteiger partial charge in [0, 0.05) is 42.8 Å². The van der Waals surface area contributed by atoms with Crippen LogP contribution in [0.5, 0.6) is 0 Å². The number of carbonyl (C=O) groups excluding carboxylic acids is 2. The van der Waals surface area contributed by atoms with Crippen LogP contribution in [0.15, 0.2) is 54.6 Å². The molecule has 0 aromatic heterocycles. The topological polar surface area (TPSA) is 78.7 Å².